The number of rotatable bonds is 17. The Kier molecular flexibility index (Phi) is 15.5. The van der Waals surface area contributed by atoms with Crippen molar-refractivity contribution in [3.05, 3.63) is 0 Å². The van der Waals surface area contributed by atoms with Crippen molar-refractivity contribution >= 4 is 5.91 Å². The summed E-state index contributed by atoms with van der Waals surface area (Å²) >= 11 is 0. The number of hydroxylamine groups is 1. The fourth-order valence-electron chi connectivity index (χ4n) is 4.20. The van der Waals surface area contributed by atoms with Crippen LogP contribution in [0.1, 0.15) is 97.8 Å². The Hall–Kier alpha value is -0.690. The summed E-state index contributed by atoms with van der Waals surface area (Å²) in [5, 5.41) is 18.2. The van der Waals surface area contributed by atoms with Gasteiger partial charge in [-0.05, 0) is 57.5 Å². The number of hydrogen-bond donors (Lipinski definition) is 4. The van der Waals surface area contributed by atoms with Gasteiger partial charge in [-0.1, -0.05) is 52.4 Å². The molecule has 1 rings (SSSR count). The van der Waals surface area contributed by atoms with Gasteiger partial charge in [0.05, 0.1) is 18.8 Å². The zero-order chi connectivity index (χ0) is 21.3. The Morgan fingerprint density at radius 2 is 1.59 bits per heavy atom. The number of hydrogen-bond acceptors (Lipinski definition) is 5. The lowest BCUT2D eigenvalue weighted by molar-refractivity contribution is -0.133. The average Bonchev–Trinajstić information content (AvgIpc) is 2.72. The smallest absolute Gasteiger partial charge is 0.240 e. The molecule has 1 fully saturated rings. The highest BCUT2D eigenvalue weighted by Gasteiger charge is 2.31. The molecule has 0 spiro atoms. The van der Waals surface area contributed by atoms with Gasteiger partial charge in [0.25, 0.3) is 0 Å². The van der Waals surface area contributed by atoms with Crippen LogP contribution < -0.4 is 16.1 Å². The molecule has 2 unspecified atom stereocenters. The molecule has 6 heteroatoms. The van der Waals surface area contributed by atoms with Crippen LogP contribution >= 0.6 is 0 Å². The molecule has 1 aliphatic rings. The van der Waals surface area contributed by atoms with E-state index in [-0.39, 0.29) is 11.9 Å². The van der Waals surface area contributed by atoms with E-state index in [2.05, 4.69) is 30.0 Å². The molecule has 6 nitrogen and oxygen atoms in total. The SMILES string of the molecule is CCCCCCNC1CCC(C(O)C(CONC(C)=O)NCCCCCC)CC1. The van der Waals surface area contributed by atoms with E-state index >= 15 is 0 Å². The summed E-state index contributed by atoms with van der Waals surface area (Å²) in [5.41, 5.74) is 2.39. The molecule has 0 saturated heterocycles. The van der Waals surface area contributed by atoms with Crippen molar-refractivity contribution in [1.29, 1.82) is 0 Å². The molecule has 0 bridgehead atoms. The number of aliphatic hydroxyl groups is 1. The first-order valence-corrected chi connectivity index (χ1v) is 12.1. The molecule has 0 aromatic rings. The van der Waals surface area contributed by atoms with E-state index < -0.39 is 6.10 Å². The van der Waals surface area contributed by atoms with Gasteiger partial charge in [0.2, 0.25) is 5.91 Å². The fourth-order valence-corrected chi connectivity index (χ4v) is 4.20. The number of aliphatic hydroxyl groups excluding tert-OH is 1. The first-order chi connectivity index (χ1) is 14.1. The van der Waals surface area contributed by atoms with Crippen LogP contribution in [0.5, 0.6) is 0 Å². The number of carbonyl (C=O) groups is 1. The van der Waals surface area contributed by atoms with Gasteiger partial charge in [-0.15, -0.1) is 0 Å². The van der Waals surface area contributed by atoms with Gasteiger partial charge >= 0.3 is 0 Å². The highest BCUT2D eigenvalue weighted by atomic mass is 16.7. The standard InChI is InChI=1S/C23H47N3O3/c1-4-6-8-10-16-24-21-14-12-20(13-15-21)23(28)22(18-29-26-19(3)27)25-17-11-9-7-5-2/h20-25,28H,4-18H2,1-3H3,(H,26,27). The second-order valence-electron chi connectivity index (χ2n) is 8.71. The van der Waals surface area contributed by atoms with Gasteiger partial charge in [0.1, 0.15) is 0 Å². The largest absolute Gasteiger partial charge is 0.391 e. The molecule has 0 heterocycles. The summed E-state index contributed by atoms with van der Waals surface area (Å²) in [5.74, 6) is 0.0777. The molecule has 172 valence electrons. The summed E-state index contributed by atoms with van der Waals surface area (Å²) in [6.07, 6.45) is 13.9. The lowest BCUT2D eigenvalue weighted by atomic mass is 9.80. The molecule has 1 saturated carbocycles. The summed E-state index contributed by atoms with van der Waals surface area (Å²) in [7, 11) is 0. The van der Waals surface area contributed by atoms with Crippen LogP contribution in [0.15, 0.2) is 0 Å². The summed E-state index contributed by atoms with van der Waals surface area (Å²) < 4.78 is 0. The molecule has 1 aliphatic carbocycles. The Labute approximate surface area is 178 Å². The average molecular weight is 414 g/mol. The maximum atomic E-state index is 11.1. The minimum Gasteiger partial charge on any atom is -0.391 e. The Balaban J connectivity index is 2.36. The Bertz CT molecular complexity index is 401. The van der Waals surface area contributed by atoms with Gasteiger partial charge in [0, 0.05) is 13.0 Å². The molecule has 0 aliphatic heterocycles. The quantitative estimate of drug-likeness (QED) is 0.216. The number of unbranched alkanes of at least 4 members (excludes halogenated alkanes) is 6. The molecule has 0 aromatic heterocycles. The molecular formula is C23H47N3O3. The normalized spacial score (nSPS) is 21.7. The van der Waals surface area contributed by atoms with Crippen molar-refractivity contribution in [2.75, 3.05) is 19.7 Å². The van der Waals surface area contributed by atoms with Crippen molar-refractivity contribution in [3.63, 3.8) is 0 Å². The van der Waals surface area contributed by atoms with E-state index in [9.17, 15) is 9.90 Å². The van der Waals surface area contributed by atoms with Crippen molar-refractivity contribution in [2.24, 2.45) is 5.92 Å². The molecule has 0 radical (unpaired) electrons. The van der Waals surface area contributed by atoms with E-state index in [1.165, 1.54) is 51.9 Å². The van der Waals surface area contributed by atoms with Crippen molar-refractivity contribution in [1.82, 2.24) is 16.1 Å². The summed E-state index contributed by atoms with van der Waals surface area (Å²) in [6, 6.07) is 0.447. The van der Waals surface area contributed by atoms with Crippen LogP contribution in [-0.4, -0.2) is 48.9 Å². The summed E-state index contributed by atoms with van der Waals surface area (Å²) in [4.78, 5) is 16.4. The molecule has 0 aromatic carbocycles. The molecule has 1 amide bonds. The van der Waals surface area contributed by atoms with Crippen LogP contribution in [0.3, 0.4) is 0 Å². The van der Waals surface area contributed by atoms with Crippen LogP contribution in [0, 0.1) is 5.92 Å². The third kappa shape index (κ3) is 12.6. The van der Waals surface area contributed by atoms with E-state index in [4.69, 9.17) is 4.84 Å². The van der Waals surface area contributed by atoms with Crippen molar-refractivity contribution < 1.29 is 14.7 Å². The van der Waals surface area contributed by atoms with Crippen molar-refractivity contribution in [2.45, 2.75) is 116 Å². The zero-order valence-corrected chi connectivity index (χ0v) is 19.2. The van der Waals surface area contributed by atoms with Gasteiger partial charge in [-0.3, -0.25) is 9.63 Å². The first kappa shape index (κ1) is 26.3. The maximum absolute atomic E-state index is 11.1. The molecule has 29 heavy (non-hydrogen) atoms. The molecule has 2 atom stereocenters. The van der Waals surface area contributed by atoms with E-state index in [1.807, 2.05) is 0 Å². The number of amides is 1. The van der Waals surface area contributed by atoms with E-state index in [0.717, 1.165) is 45.2 Å². The number of carbonyl (C=O) groups excluding carboxylic acids is 1. The second kappa shape index (κ2) is 17.0. The second-order valence-corrected chi connectivity index (χ2v) is 8.71. The van der Waals surface area contributed by atoms with Gasteiger partial charge in [-0.25, -0.2) is 5.48 Å². The molecular weight excluding hydrogens is 366 g/mol. The first-order valence-electron chi connectivity index (χ1n) is 12.1. The van der Waals surface area contributed by atoms with Crippen LogP contribution in [0.4, 0.5) is 0 Å². The van der Waals surface area contributed by atoms with E-state index in [1.54, 1.807) is 0 Å². The highest BCUT2D eigenvalue weighted by molar-refractivity contribution is 5.71. The maximum Gasteiger partial charge on any atom is 0.240 e. The van der Waals surface area contributed by atoms with Gasteiger partial charge in [-0.2, -0.15) is 0 Å². The predicted octanol–water partition coefficient (Wildman–Crippen LogP) is 3.68. The fraction of sp³-hybridized carbons (Fsp3) is 0.957. The van der Waals surface area contributed by atoms with Gasteiger partial charge in [0.15, 0.2) is 0 Å². The lowest BCUT2D eigenvalue weighted by Gasteiger charge is -2.35. The monoisotopic (exact) mass is 413 g/mol. The minimum atomic E-state index is -0.444. The lowest BCUT2D eigenvalue weighted by Crippen LogP contribution is -2.49. The van der Waals surface area contributed by atoms with E-state index in [0.29, 0.717) is 18.6 Å². The number of nitrogens with one attached hydrogen (secondary N) is 3. The van der Waals surface area contributed by atoms with Crippen LogP contribution in [0.25, 0.3) is 0 Å². The van der Waals surface area contributed by atoms with Crippen LogP contribution in [0.2, 0.25) is 0 Å². The highest BCUT2D eigenvalue weighted by Crippen LogP contribution is 2.28. The Morgan fingerprint density at radius 3 is 2.17 bits per heavy atom. The zero-order valence-electron chi connectivity index (χ0n) is 19.2. The topological polar surface area (TPSA) is 82.6 Å². The van der Waals surface area contributed by atoms with Crippen LogP contribution in [-0.2, 0) is 9.63 Å². The predicted molar refractivity (Wildman–Crippen MR) is 120 cm³/mol. The van der Waals surface area contributed by atoms with Gasteiger partial charge < -0.3 is 15.7 Å². The third-order valence-electron chi connectivity index (χ3n) is 6.05. The summed E-state index contributed by atoms with van der Waals surface area (Å²) in [6.45, 7) is 8.17. The molecule has 4 N–H and O–H groups in total. The minimum absolute atomic E-state index is 0.146. The Morgan fingerprint density at radius 1 is 0.966 bits per heavy atom. The third-order valence-corrected chi connectivity index (χ3v) is 6.05. The van der Waals surface area contributed by atoms with Crippen molar-refractivity contribution in [3.8, 4) is 0 Å².